The Labute approximate surface area is 289 Å². The Hall–Kier alpha value is -6.19. The van der Waals surface area contributed by atoms with Gasteiger partial charge in [-0.05, 0) is 55.0 Å². The molecule has 0 N–H and O–H groups in total. The van der Waals surface area contributed by atoms with E-state index in [-0.39, 0.29) is 23.0 Å². The summed E-state index contributed by atoms with van der Waals surface area (Å²) in [5.41, 5.74) is -3.92. The van der Waals surface area contributed by atoms with Crippen molar-refractivity contribution >= 4 is 17.2 Å². The lowest BCUT2D eigenvalue weighted by molar-refractivity contribution is -0.386. The van der Waals surface area contributed by atoms with Crippen molar-refractivity contribution in [3.63, 3.8) is 0 Å². The summed E-state index contributed by atoms with van der Waals surface area (Å²) in [6.07, 6.45) is -6.08. The first-order chi connectivity index (χ1) is 24.4. The third-order valence-electron chi connectivity index (χ3n) is 8.81. The number of rotatable bonds is 8. The molecule has 0 bridgehead atoms. The SMILES string of the molecule is CC(=O)c1ccccc1C1(C)c2ccc(Oc3ccc(C(F)(F)F)cc3[N+](=O)[O-])cc2OC2=CC(Oc3ccc(C(F)(F)F)cc3[N+](=O)[O-])C=CC21. The Morgan fingerprint density at radius 2 is 1.38 bits per heavy atom. The first-order valence-electron chi connectivity index (χ1n) is 15.3. The minimum absolute atomic E-state index is 0.0533. The summed E-state index contributed by atoms with van der Waals surface area (Å²) < 4.78 is 97.4. The fourth-order valence-corrected chi connectivity index (χ4v) is 6.35. The van der Waals surface area contributed by atoms with E-state index in [1.54, 1.807) is 42.5 Å². The molecule has 1 heterocycles. The largest absolute Gasteiger partial charge is 0.475 e. The molecule has 4 aromatic carbocycles. The van der Waals surface area contributed by atoms with Crippen molar-refractivity contribution < 1.29 is 55.2 Å². The van der Waals surface area contributed by atoms with Crippen molar-refractivity contribution in [3.8, 4) is 23.0 Å². The third-order valence-corrected chi connectivity index (χ3v) is 8.81. The van der Waals surface area contributed by atoms with Crippen LogP contribution in [-0.4, -0.2) is 21.7 Å². The second-order valence-electron chi connectivity index (χ2n) is 12.1. The molecule has 0 saturated carbocycles. The number of allylic oxidation sites excluding steroid dienone is 1. The van der Waals surface area contributed by atoms with Gasteiger partial charge in [0.25, 0.3) is 0 Å². The molecule has 52 heavy (non-hydrogen) atoms. The number of carbonyl (C=O) groups is 1. The minimum Gasteiger partial charge on any atom is -0.475 e. The number of nitro benzene ring substituents is 2. The highest BCUT2D eigenvalue weighted by molar-refractivity contribution is 5.96. The molecule has 6 rings (SSSR count). The zero-order valence-electron chi connectivity index (χ0n) is 26.8. The number of carbonyl (C=O) groups excluding carboxylic acids is 1. The van der Waals surface area contributed by atoms with E-state index in [9.17, 15) is 51.4 Å². The van der Waals surface area contributed by atoms with Crippen molar-refractivity contribution in [2.45, 2.75) is 37.7 Å². The van der Waals surface area contributed by atoms with E-state index in [0.29, 0.717) is 41.0 Å². The van der Waals surface area contributed by atoms with Crippen molar-refractivity contribution in [2.24, 2.45) is 5.92 Å². The van der Waals surface area contributed by atoms with Crippen LogP contribution in [0.2, 0.25) is 0 Å². The van der Waals surface area contributed by atoms with Gasteiger partial charge in [-0.25, -0.2) is 0 Å². The normalized spacial score (nSPS) is 19.4. The lowest BCUT2D eigenvalue weighted by Crippen LogP contribution is -2.41. The van der Waals surface area contributed by atoms with Crippen LogP contribution in [0.4, 0.5) is 37.7 Å². The van der Waals surface area contributed by atoms with E-state index in [0.717, 1.165) is 12.1 Å². The second kappa shape index (κ2) is 12.9. The van der Waals surface area contributed by atoms with Crippen LogP contribution in [-0.2, 0) is 17.8 Å². The molecule has 3 unspecified atom stereocenters. The number of fused-ring (bicyclic) bond motifs is 2. The maximum absolute atomic E-state index is 13.3. The number of alkyl halides is 6. The highest BCUT2D eigenvalue weighted by Gasteiger charge is 2.48. The lowest BCUT2D eigenvalue weighted by Gasteiger charge is -2.45. The maximum Gasteiger partial charge on any atom is 0.416 e. The lowest BCUT2D eigenvalue weighted by atomic mass is 9.62. The minimum atomic E-state index is -4.85. The average Bonchev–Trinajstić information content (AvgIpc) is 3.07. The molecule has 16 heteroatoms. The van der Waals surface area contributed by atoms with Crippen LogP contribution in [0.25, 0.3) is 0 Å². The van der Waals surface area contributed by atoms with Crippen molar-refractivity contribution in [3.05, 3.63) is 151 Å². The summed E-state index contributed by atoms with van der Waals surface area (Å²) in [6.45, 7) is 3.23. The van der Waals surface area contributed by atoms with Crippen LogP contribution in [0.3, 0.4) is 0 Å². The van der Waals surface area contributed by atoms with Gasteiger partial charge in [0.1, 0.15) is 23.4 Å². The number of benzene rings is 4. The van der Waals surface area contributed by atoms with E-state index >= 15 is 0 Å². The fraction of sp³-hybridized carbons (Fsp3) is 0.194. The van der Waals surface area contributed by atoms with Crippen LogP contribution < -0.4 is 14.2 Å². The number of ether oxygens (including phenoxy) is 3. The molecule has 0 amide bonds. The van der Waals surface area contributed by atoms with Crippen LogP contribution in [0.1, 0.15) is 46.5 Å². The highest BCUT2D eigenvalue weighted by Crippen LogP contribution is 2.54. The molecular weight excluding hydrogens is 702 g/mol. The summed E-state index contributed by atoms with van der Waals surface area (Å²) in [6, 6.07) is 14.9. The monoisotopic (exact) mass is 726 g/mol. The summed E-state index contributed by atoms with van der Waals surface area (Å²) in [7, 11) is 0. The zero-order valence-corrected chi connectivity index (χ0v) is 26.8. The summed E-state index contributed by atoms with van der Waals surface area (Å²) >= 11 is 0. The van der Waals surface area contributed by atoms with E-state index in [1.807, 2.05) is 6.92 Å². The van der Waals surface area contributed by atoms with Crippen LogP contribution in [0, 0.1) is 26.1 Å². The Balaban J connectivity index is 1.43. The van der Waals surface area contributed by atoms with Gasteiger partial charge in [-0.2, -0.15) is 26.3 Å². The molecule has 0 spiro atoms. The van der Waals surface area contributed by atoms with Crippen LogP contribution >= 0.6 is 0 Å². The number of Topliss-reactive ketones (excluding diaryl/α,β-unsaturated/α-hetero) is 1. The van der Waals surface area contributed by atoms with Crippen molar-refractivity contribution in [1.82, 2.24) is 0 Å². The molecule has 3 atom stereocenters. The molecule has 0 radical (unpaired) electrons. The van der Waals surface area contributed by atoms with Gasteiger partial charge in [0.2, 0.25) is 5.75 Å². The molecular formula is C36H24F6N2O8. The van der Waals surface area contributed by atoms with Gasteiger partial charge in [-0.1, -0.05) is 43.3 Å². The van der Waals surface area contributed by atoms with Gasteiger partial charge in [0, 0.05) is 40.7 Å². The summed E-state index contributed by atoms with van der Waals surface area (Å²) in [5, 5.41) is 23.4. The summed E-state index contributed by atoms with van der Waals surface area (Å²) in [5.74, 6) is -1.52. The van der Waals surface area contributed by atoms with Crippen molar-refractivity contribution in [2.75, 3.05) is 0 Å². The summed E-state index contributed by atoms with van der Waals surface area (Å²) in [4.78, 5) is 34.2. The predicted octanol–water partition coefficient (Wildman–Crippen LogP) is 9.75. The smallest absolute Gasteiger partial charge is 0.416 e. The number of hydrogen-bond acceptors (Lipinski definition) is 8. The van der Waals surface area contributed by atoms with Gasteiger partial charge in [0.15, 0.2) is 11.5 Å². The first-order valence-corrected chi connectivity index (χ1v) is 15.3. The molecule has 1 aliphatic carbocycles. The quantitative estimate of drug-likeness (QED) is 0.0577. The number of hydrogen-bond donors (Lipinski definition) is 0. The van der Waals surface area contributed by atoms with E-state index in [1.165, 1.54) is 25.1 Å². The Kier molecular flexibility index (Phi) is 8.80. The first kappa shape index (κ1) is 35.6. The molecule has 2 aliphatic rings. The average molecular weight is 727 g/mol. The van der Waals surface area contributed by atoms with E-state index < -0.39 is 73.6 Å². The highest BCUT2D eigenvalue weighted by atomic mass is 19.4. The van der Waals surface area contributed by atoms with Gasteiger partial charge in [-0.3, -0.25) is 25.0 Å². The Morgan fingerprint density at radius 3 is 1.98 bits per heavy atom. The predicted molar refractivity (Wildman–Crippen MR) is 171 cm³/mol. The van der Waals surface area contributed by atoms with Gasteiger partial charge >= 0.3 is 23.7 Å². The topological polar surface area (TPSA) is 131 Å². The standard InChI is InChI=1S/C36H24F6N2O8/c1-19(45)24-5-3-4-6-25(24)34(2)26-11-9-22(50-30-13-7-20(35(37,38)39)15-28(30)43(46)47)17-32(26)52-33-18-23(10-12-27(33)34)51-31-14-8-21(36(40,41)42)16-29(31)44(48)49/h3-18,22,26H,1-2H3. The molecule has 268 valence electrons. The second-order valence-corrected chi connectivity index (χ2v) is 12.1. The van der Waals surface area contributed by atoms with E-state index in [2.05, 4.69) is 0 Å². The Morgan fingerprint density at radius 1 is 0.788 bits per heavy atom. The van der Waals surface area contributed by atoms with E-state index in [4.69, 9.17) is 14.2 Å². The molecule has 10 nitrogen and oxygen atoms in total. The van der Waals surface area contributed by atoms with Gasteiger partial charge in [-0.15, -0.1) is 0 Å². The van der Waals surface area contributed by atoms with Crippen LogP contribution in [0.15, 0.2) is 103 Å². The number of halogens is 6. The van der Waals surface area contributed by atoms with Gasteiger partial charge < -0.3 is 14.2 Å². The van der Waals surface area contributed by atoms with Crippen molar-refractivity contribution in [1.29, 1.82) is 0 Å². The molecule has 0 saturated heterocycles. The fourth-order valence-electron chi connectivity index (χ4n) is 6.35. The van der Waals surface area contributed by atoms with Crippen LogP contribution in [0.5, 0.6) is 23.0 Å². The third kappa shape index (κ3) is 6.54. The Bertz CT molecular complexity index is 2200. The molecule has 1 aliphatic heterocycles. The molecule has 0 aromatic heterocycles. The maximum atomic E-state index is 13.3. The van der Waals surface area contributed by atoms with Gasteiger partial charge in [0.05, 0.1) is 21.0 Å². The number of nitrogens with zero attached hydrogens (tertiary/aromatic N) is 2. The zero-order chi connectivity index (χ0) is 37.7. The number of nitro groups is 2. The molecule has 0 fully saturated rings. The molecule has 4 aromatic rings. The number of ketones is 1.